The van der Waals surface area contributed by atoms with E-state index >= 15 is 0 Å². The Balaban J connectivity index is 2.56. The van der Waals surface area contributed by atoms with Crippen molar-refractivity contribution in [2.45, 2.75) is 19.1 Å². The normalized spacial score (nSPS) is 12.2. The number of fused-ring (bicyclic) bond motifs is 1. The van der Waals surface area contributed by atoms with E-state index in [2.05, 4.69) is 9.97 Å². The predicted octanol–water partition coefficient (Wildman–Crippen LogP) is 1.02. The minimum atomic E-state index is -4.41. The molecule has 0 aliphatic rings. The first-order chi connectivity index (χ1) is 8.28. The lowest BCUT2D eigenvalue weighted by molar-refractivity contribution is -0.136. The molecule has 0 radical (unpaired) electrons. The standard InChI is InChI=1S/C8H6ClF3N4O2/c9-6-13-3-4(14-6)16(2-1-8(10,11)12)7(18)15-5(3)17/h1-2H2,(H,13,14)(H,15,17,18). The summed E-state index contributed by atoms with van der Waals surface area (Å²) in [5, 5.41) is -0.179. The maximum Gasteiger partial charge on any atom is 0.390 e. The van der Waals surface area contributed by atoms with E-state index in [-0.39, 0.29) is 16.4 Å². The van der Waals surface area contributed by atoms with Crippen molar-refractivity contribution in [2.24, 2.45) is 0 Å². The van der Waals surface area contributed by atoms with E-state index in [1.807, 2.05) is 4.98 Å². The van der Waals surface area contributed by atoms with Crippen LogP contribution >= 0.6 is 11.6 Å². The molecule has 2 rings (SSSR count). The molecule has 6 nitrogen and oxygen atoms in total. The summed E-state index contributed by atoms with van der Waals surface area (Å²) in [6, 6.07) is 0. The van der Waals surface area contributed by atoms with Crippen molar-refractivity contribution < 1.29 is 13.2 Å². The zero-order valence-electron chi connectivity index (χ0n) is 8.64. The second-order valence-electron chi connectivity index (χ2n) is 3.50. The van der Waals surface area contributed by atoms with Gasteiger partial charge in [-0.3, -0.25) is 14.3 Å². The van der Waals surface area contributed by atoms with Gasteiger partial charge in [-0.1, -0.05) is 0 Å². The first-order valence-electron chi connectivity index (χ1n) is 4.73. The highest BCUT2D eigenvalue weighted by atomic mass is 35.5. The van der Waals surface area contributed by atoms with Crippen molar-refractivity contribution in [3.8, 4) is 0 Å². The molecule has 0 amide bonds. The Hall–Kier alpha value is -1.77. The van der Waals surface area contributed by atoms with Crippen molar-refractivity contribution in [2.75, 3.05) is 0 Å². The van der Waals surface area contributed by atoms with Crippen LogP contribution < -0.4 is 11.2 Å². The summed E-state index contributed by atoms with van der Waals surface area (Å²) in [6.07, 6.45) is -5.62. The van der Waals surface area contributed by atoms with Crippen LogP contribution in [0.25, 0.3) is 11.2 Å². The van der Waals surface area contributed by atoms with Gasteiger partial charge in [-0.25, -0.2) is 4.79 Å². The van der Waals surface area contributed by atoms with E-state index in [0.717, 1.165) is 0 Å². The molecule has 0 fully saturated rings. The lowest BCUT2D eigenvalue weighted by Crippen LogP contribution is -2.31. The molecule has 0 aliphatic heterocycles. The van der Waals surface area contributed by atoms with E-state index in [9.17, 15) is 22.8 Å². The molecular weight excluding hydrogens is 277 g/mol. The summed E-state index contributed by atoms with van der Waals surface area (Å²) < 4.78 is 37.1. The minimum Gasteiger partial charge on any atom is -0.323 e. The number of rotatable bonds is 2. The lowest BCUT2D eigenvalue weighted by atomic mass is 10.4. The van der Waals surface area contributed by atoms with Gasteiger partial charge in [0.1, 0.15) is 0 Å². The molecule has 0 unspecified atom stereocenters. The van der Waals surface area contributed by atoms with E-state index < -0.39 is 30.4 Å². The number of hydrogen-bond donors (Lipinski definition) is 2. The summed E-state index contributed by atoms with van der Waals surface area (Å²) in [7, 11) is 0. The topological polar surface area (TPSA) is 83.5 Å². The van der Waals surface area contributed by atoms with Crippen LogP contribution in [0.5, 0.6) is 0 Å². The van der Waals surface area contributed by atoms with Crippen LogP contribution in [-0.2, 0) is 6.54 Å². The Morgan fingerprint density at radius 1 is 1.28 bits per heavy atom. The largest absolute Gasteiger partial charge is 0.390 e. The second-order valence-corrected chi connectivity index (χ2v) is 3.86. The number of nitrogens with one attached hydrogen (secondary N) is 2. The monoisotopic (exact) mass is 282 g/mol. The Labute approximate surface area is 101 Å². The molecule has 2 aromatic rings. The Morgan fingerprint density at radius 3 is 2.56 bits per heavy atom. The van der Waals surface area contributed by atoms with Gasteiger partial charge in [0.05, 0.1) is 6.42 Å². The Kier molecular flexibility index (Phi) is 2.93. The van der Waals surface area contributed by atoms with Gasteiger partial charge in [-0.05, 0) is 11.6 Å². The van der Waals surface area contributed by atoms with Crippen molar-refractivity contribution in [1.82, 2.24) is 19.5 Å². The van der Waals surface area contributed by atoms with E-state index in [0.29, 0.717) is 4.57 Å². The molecule has 2 N–H and O–H groups in total. The highest BCUT2D eigenvalue weighted by molar-refractivity contribution is 6.28. The molecule has 0 atom stereocenters. The lowest BCUT2D eigenvalue weighted by Gasteiger charge is -2.08. The zero-order chi connectivity index (χ0) is 13.5. The summed E-state index contributed by atoms with van der Waals surface area (Å²) in [5.41, 5.74) is -2.07. The molecule has 18 heavy (non-hydrogen) atoms. The fourth-order valence-electron chi connectivity index (χ4n) is 1.46. The SMILES string of the molecule is O=c1[nH]c(=O)n(CCC(F)(F)F)c2nc(Cl)[nH]c12. The third-order valence-electron chi connectivity index (χ3n) is 2.22. The molecule has 2 heterocycles. The minimum absolute atomic E-state index is 0.137. The molecule has 0 saturated heterocycles. The maximum absolute atomic E-state index is 12.1. The number of halogens is 4. The van der Waals surface area contributed by atoms with Crippen LogP contribution in [0, 0.1) is 0 Å². The number of imidazole rings is 1. The fraction of sp³-hybridized carbons (Fsp3) is 0.375. The summed E-state index contributed by atoms with van der Waals surface area (Å²) in [5.74, 6) is 0. The fourth-order valence-corrected chi connectivity index (χ4v) is 1.63. The molecule has 10 heteroatoms. The first-order valence-corrected chi connectivity index (χ1v) is 5.11. The summed E-state index contributed by atoms with van der Waals surface area (Å²) in [4.78, 5) is 30.6. The summed E-state index contributed by atoms with van der Waals surface area (Å²) in [6.45, 7) is -0.642. The van der Waals surface area contributed by atoms with Gasteiger partial charge in [0.15, 0.2) is 11.2 Å². The number of aryl methyl sites for hydroxylation is 1. The van der Waals surface area contributed by atoms with Crippen LogP contribution in [-0.4, -0.2) is 25.7 Å². The smallest absolute Gasteiger partial charge is 0.323 e. The molecule has 98 valence electrons. The molecule has 0 saturated carbocycles. The average molecular weight is 283 g/mol. The highest BCUT2D eigenvalue weighted by Gasteiger charge is 2.27. The Bertz CT molecular complexity index is 699. The average Bonchev–Trinajstić information content (AvgIpc) is 2.58. The van der Waals surface area contributed by atoms with Gasteiger partial charge < -0.3 is 4.98 Å². The second kappa shape index (κ2) is 4.16. The highest BCUT2D eigenvalue weighted by Crippen LogP contribution is 2.20. The van der Waals surface area contributed by atoms with E-state index in [1.54, 1.807) is 0 Å². The molecule has 0 bridgehead atoms. The zero-order valence-corrected chi connectivity index (χ0v) is 9.39. The molecule has 0 aliphatic carbocycles. The first kappa shape index (κ1) is 12.7. The number of aromatic amines is 2. The predicted molar refractivity (Wildman–Crippen MR) is 56.7 cm³/mol. The number of nitrogens with zero attached hydrogens (tertiary/aromatic N) is 2. The van der Waals surface area contributed by atoms with Gasteiger partial charge in [-0.2, -0.15) is 18.2 Å². The van der Waals surface area contributed by atoms with Crippen molar-refractivity contribution >= 4 is 22.8 Å². The number of aromatic nitrogens is 4. The molecule has 0 spiro atoms. The van der Waals surface area contributed by atoms with Crippen molar-refractivity contribution in [1.29, 1.82) is 0 Å². The van der Waals surface area contributed by atoms with Crippen LogP contribution in [0.15, 0.2) is 9.59 Å². The third-order valence-corrected chi connectivity index (χ3v) is 2.40. The number of H-pyrrole nitrogens is 2. The van der Waals surface area contributed by atoms with Crippen LogP contribution in [0.3, 0.4) is 0 Å². The maximum atomic E-state index is 12.1. The van der Waals surface area contributed by atoms with Crippen molar-refractivity contribution in [3.05, 3.63) is 26.1 Å². The van der Waals surface area contributed by atoms with Gasteiger partial charge >= 0.3 is 11.9 Å². The quantitative estimate of drug-likeness (QED) is 0.807. The molecular formula is C8H6ClF3N4O2. The van der Waals surface area contributed by atoms with E-state index in [1.165, 1.54) is 0 Å². The Morgan fingerprint density at radius 2 is 1.94 bits per heavy atom. The summed E-state index contributed by atoms with van der Waals surface area (Å²) >= 11 is 5.51. The van der Waals surface area contributed by atoms with Crippen LogP contribution in [0.2, 0.25) is 5.28 Å². The van der Waals surface area contributed by atoms with E-state index in [4.69, 9.17) is 11.6 Å². The molecule has 0 aromatic carbocycles. The number of alkyl halides is 3. The third kappa shape index (κ3) is 2.40. The van der Waals surface area contributed by atoms with Gasteiger partial charge in [0.25, 0.3) is 5.56 Å². The van der Waals surface area contributed by atoms with Crippen molar-refractivity contribution in [3.63, 3.8) is 0 Å². The number of hydrogen-bond acceptors (Lipinski definition) is 3. The van der Waals surface area contributed by atoms with Gasteiger partial charge in [-0.15, -0.1) is 0 Å². The van der Waals surface area contributed by atoms with Gasteiger partial charge in [0, 0.05) is 6.54 Å². The van der Waals surface area contributed by atoms with Crippen LogP contribution in [0.1, 0.15) is 6.42 Å². The van der Waals surface area contributed by atoms with Crippen LogP contribution in [0.4, 0.5) is 13.2 Å². The van der Waals surface area contributed by atoms with Gasteiger partial charge in [0.2, 0.25) is 5.28 Å². The molecule has 2 aromatic heterocycles.